The maximum atomic E-state index is 2.37. The van der Waals surface area contributed by atoms with Crippen LogP contribution in [0.15, 0.2) is 60.7 Å². The Labute approximate surface area is 135 Å². The third-order valence-electron chi connectivity index (χ3n) is 5.84. The predicted octanol–water partition coefficient (Wildman–Crippen LogP) is 5.23. The Morgan fingerprint density at radius 1 is 0.682 bits per heavy atom. The van der Waals surface area contributed by atoms with Crippen molar-refractivity contribution in [3.05, 3.63) is 60.7 Å². The Kier molecular flexibility index (Phi) is 4.05. The summed E-state index contributed by atoms with van der Waals surface area (Å²) < 4.78 is 0. The summed E-state index contributed by atoms with van der Waals surface area (Å²) >= 11 is 0. The van der Waals surface area contributed by atoms with Gasteiger partial charge in [-0.2, -0.15) is 0 Å². The van der Waals surface area contributed by atoms with Crippen LogP contribution in [-0.2, 0) is 0 Å². The van der Waals surface area contributed by atoms with Gasteiger partial charge in [0.05, 0.1) is 0 Å². The fraction of sp³-hybridized carbons (Fsp3) is 0.429. The van der Waals surface area contributed by atoms with Gasteiger partial charge in [0.15, 0.2) is 0 Å². The summed E-state index contributed by atoms with van der Waals surface area (Å²) in [6.45, 7) is 0. The fourth-order valence-electron chi connectivity index (χ4n) is 4.87. The Morgan fingerprint density at radius 3 is 1.73 bits per heavy atom. The highest BCUT2D eigenvalue weighted by molar-refractivity contribution is 7.73. The van der Waals surface area contributed by atoms with E-state index in [-0.39, 0.29) is 7.92 Å². The predicted molar refractivity (Wildman–Crippen MR) is 97.6 cm³/mol. The van der Waals surface area contributed by atoms with Crippen molar-refractivity contribution >= 4 is 18.5 Å². The van der Waals surface area contributed by atoms with Gasteiger partial charge in [-0.05, 0) is 55.3 Å². The summed E-state index contributed by atoms with van der Waals surface area (Å²) in [5.74, 6) is 0. The molecule has 0 bridgehead atoms. The van der Waals surface area contributed by atoms with Crippen molar-refractivity contribution in [1.29, 1.82) is 0 Å². The van der Waals surface area contributed by atoms with Gasteiger partial charge < -0.3 is 0 Å². The molecule has 0 amide bonds. The first-order valence-corrected chi connectivity index (χ1v) is 10.2. The molecule has 22 heavy (non-hydrogen) atoms. The van der Waals surface area contributed by atoms with E-state index < -0.39 is 0 Å². The van der Waals surface area contributed by atoms with E-state index in [9.17, 15) is 0 Å². The van der Waals surface area contributed by atoms with Crippen LogP contribution in [0, 0.1) is 5.41 Å². The number of benzene rings is 2. The average Bonchev–Trinajstić information content (AvgIpc) is 3.21. The highest BCUT2D eigenvalue weighted by atomic mass is 31.1. The topological polar surface area (TPSA) is 0 Å². The monoisotopic (exact) mass is 308 g/mol. The summed E-state index contributed by atoms with van der Waals surface area (Å²) in [5.41, 5.74) is 1.56. The van der Waals surface area contributed by atoms with Gasteiger partial charge >= 0.3 is 0 Å². The minimum absolute atomic E-state index is 0.212. The van der Waals surface area contributed by atoms with Crippen LogP contribution in [0.2, 0.25) is 0 Å². The Balaban J connectivity index is 1.78. The molecule has 0 saturated heterocycles. The van der Waals surface area contributed by atoms with Crippen molar-refractivity contribution in [2.75, 3.05) is 0 Å². The van der Waals surface area contributed by atoms with Gasteiger partial charge in [-0.25, -0.2) is 0 Å². The number of hydrogen-bond acceptors (Lipinski definition) is 0. The second kappa shape index (κ2) is 6.17. The van der Waals surface area contributed by atoms with Crippen LogP contribution in [0.3, 0.4) is 0 Å². The highest BCUT2D eigenvalue weighted by Gasteiger charge is 2.48. The molecule has 0 nitrogen and oxygen atoms in total. The maximum absolute atomic E-state index is 2.37. The lowest BCUT2D eigenvalue weighted by Gasteiger charge is -2.38. The Morgan fingerprint density at radius 2 is 1.18 bits per heavy atom. The van der Waals surface area contributed by atoms with Gasteiger partial charge in [0, 0.05) is 0 Å². The molecule has 1 heteroatoms. The molecule has 2 aromatic carbocycles. The summed E-state index contributed by atoms with van der Waals surface area (Å²) in [6.07, 6.45) is 10.3. The minimum Gasteiger partial charge on any atom is -0.0622 e. The summed E-state index contributed by atoms with van der Waals surface area (Å²) in [7, 11) is -0.212. The van der Waals surface area contributed by atoms with Crippen molar-refractivity contribution in [1.82, 2.24) is 0 Å². The zero-order valence-corrected chi connectivity index (χ0v) is 14.1. The van der Waals surface area contributed by atoms with Crippen LogP contribution >= 0.6 is 7.92 Å². The third kappa shape index (κ3) is 2.52. The van der Waals surface area contributed by atoms with Crippen molar-refractivity contribution in [3.8, 4) is 0 Å². The van der Waals surface area contributed by atoms with Crippen LogP contribution in [0.25, 0.3) is 0 Å². The van der Waals surface area contributed by atoms with E-state index in [1.807, 2.05) is 0 Å². The quantitative estimate of drug-likeness (QED) is 0.681. The first-order valence-electron chi connectivity index (χ1n) is 8.78. The molecule has 0 radical (unpaired) electrons. The van der Waals surface area contributed by atoms with E-state index >= 15 is 0 Å². The van der Waals surface area contributed by atoms with Crippen LogP contribution < -0.4 is 10.6 Å². The second-order valence-electron chi connectivity index (χ2n) is 7.02. The van der Waals surface area contributed by atoms with Gasteiger partial charge in [-0.15, -0.1) is 0 Å². The highest BCUT2D eigenvalue weighted by Crippen LogP contribution is 2.61. The number of rotatable bonds is 3. The summed E-state index contributed by atoms with van der Waals surface area (Å²) in [5, 5.41) is 3.17. The SMILES string of the molecule is c1ccc(P(c2ccccc2)[C@H]2CCCC23CCCC3)cc1. The molecule has 2 aliphatic rings. The molecule has 2 aliphatic carbocycles. The molecular formula is C21H25P. The van der Waals surface area contributed by atoms with Gasteiger partial charge in [0.1, 0.15) is 0 Å². The zero-order chi connectivity index (χ0) is 14.8. The van der Waals surface area contributed by atoms with Crippen molar-refractivity contribution < 1.29 is 0 Å². The van der Waals surface area contributed by atoms with Crippen molar-refractivity contribution in [3.63, 3.8) is 0 Å². The van der Waals surface area contributed by atoms with E-state index in [0.717, 1.165) is 5.66 Å². The van der Waals surface area contributed by atoms with Crippen molar-refractivity contribution in [2.45, 2.75) is 50.6 Å². The molecule has 2 saturated carbocycles. The van der Waals surface area contributed by atoms with Gasteiger partial charge in [0.25, 0.3) is 0 Å². The molecule has 4 rings (SSSR count). The first-order chi connectivity index (χ1) is 10.9. The van der Waals surface area contributed by atoms with Crippen LogP contribution in [-0.4, -0.2) is 5.66 Å². The van der Waals surface area contributed by atoms with Gasteiger partial charge in [-0.3, -0.25) is 0 Å². The molecule has 0 heterocycles. The molecule has 114 valence electrons. The van der Waals surface area contributed by atoms with E-state index in [2.05, 4.69) is 60.7 Å². The fourth-order valence-corrected chi connectivity index (χ4v) is 8.25. The molecule has 2 aromatic rings. The van der Waals surface area contributed by atoms with Gasteiger partial charge in [-0.1, -0.05) is 79.9 Å². The molecule has 0 unspecified atom stereocenters. The maximum Gasteiger partial charge on any atom is -0.00722 e. The molecule has 2 fully saturated rings. The minimum atomic E-state index is -0.212. The van der Waals surface area contributed by atoms with Crippen LogP contribution in [0.1, 0.15) is 44.9 Å². The van der Waals surface area contributed by atoms with E-state index in [4.69, 9.17) is 0 Å². The van der Waals surface area contributed by atoms with Crippen LogP contribution in [0.4, 0.5) is 0 Å². The molecule has 0 aliphatic heterocycles. The van der Waals surface area contributed by atoms with E-state index in [1.54, 1.807) is 10.6 Å². The third-order valence-corrected chi connectivity index (χ3v) is 8.98. The second-order valence-corrected chi connectivity index (χ2v) is 9.41. The largest absolute Gasteiger partial charge is 0.0622 e. The lowest BCUT2D eigenvalue weighted by Crippen LogP contribution is -2.32. The van der Waals surface area contributed by atoms with Gasteiger partial charge in [0.2, 0.25) is 0 Å². The normalized spacial score (nSPS) is 23.4. The van der Waals surface area contributed by atoms with Crippen molar-refractivity contribution in [2.24, 2.45) is 5.41 Å². The van der Waals surface area contributed by atoms with E-state index in [1.165, 1.54) is 44.9 Å². The number of hydrogen-bond donors (Lipinski definition) is 0. The molecule has 1 atom stereocenters. The molecule has 1 spiro atoms. The first kappa shape index (κ1) is 14.5. The zero-order valence-electron chi connectivity index (χ0n) is 13.2. The average molecular weight is 308 g/mol. The Bertz CT molecular complexity index is 553. The smallest absolute Gasteiger partial charge is 0.00722 e. The summed E-state index contributed by atoms with van der Waals surface area (Å²) in [4.78, 5) is 0. The van der Waals surface area contributed by atoms with E-state index in [0.29, 0.717) is 5.41 Å². The molecular weight excluding hydrogens is 283 g/mol. The standard InChI is InChI=1S/C21H25P/c1-3-10-18(11-4-1)22(19-12-5-2-6-13-19)20-14-9-17-21(20)15-7-8-16-21/h1-6,10-13,20H,7-9,14-17H2/t20-/m0/s1. The lowest BCUT2D eigenvalue weighted by atomic mass is 9.84. The molecule has 0 N–H and O–H groups in total. The van der Waals surface area contributed by atoms with Crippen LogP contribution in [0.5, 0.6) is 0 Å². The molecule has 0 aromatic heterocycles. The summed E-state index contributed by atoms with van der Waals surface area (Å²) in [6, 6.07) is 22.7. The lowest BCUT2D eigenvalue weighted by molar-refractivity contribution is 0.317. The Hall–Kier alpha value is -1.13.